The summed E-state index contributed by atoms with van der Waals surface area (Å²) in [5, 5.41) is 0. The summed E-state index contributed by atoms with van der Waals surface area (Å²) in [4.78, 5) is 41.2. The number of amides is 2. The molecule has 0 saturated heterocycles. The lowest BCUT2D eigenvalue weighted by Gasteiger charge is -2.39. The molecule has 2 amide bonds. The highest BCUT2D eigenvalue weighted by atomic mass is 127. The van der Waals surface area contributed by atoms with Gasteiger partial charge in [-0.25, -0.2) is 14.0 Å². The van der Waals surface area contributed by atoms with E-state index in [1.807, 2.05) is 22.6 Å². The van der Waals surface area contributed by atoms with Crippen molar-refractivity contribution in [2.24, 2.45) is 0 Å². The number of ether oxygens (including phenoxy) is 2. The van der Waals surface area contributed by atoms with Gasteiger partial charge in [0.25, 0.3) is 5.91 Å². The van der Waals surface area contributed by atoms with Crippen molar-refractivity contribution in [1.82, 2.24) is 9.80 Å². The molecule has 1 aromatic carbocycles. The number of carbonyl (C=O) groups is 3. The fraction of sp³-hybridized carbons (Fsp3) is 0.609. The van der Waals surface area contributed by atoms with Crippen LogP contribution in [-0.2, 0) is 20.7 Å². The average Bonchev–Trinajstić information content (AvgIpc) is 2.59. The van der Waals surface area contributed by atoms with E-state index in [0.29, 0.717) is 9.13 Å². The summed E-state index contributed by atoms with van der Waals surface area (Å²) in [6, 6.07) is 2.43. The first kappa shape index (κ1) is 28.1. The second kappa shape index (κ2) is 9.93. The third-order valence-corrected chi connectivity index (χ3v) is 5.80. The minimum atomic E-state index is -1.53. The predicted octanol–water partition coefficient (Wildman–Crippen LogP) is 4.64. The molecule has 0 aliphatic heterocycles. The number of likely N-dealkylation sites (N-methyl/N-ethyl adjacent to an activating group) is 1. The molecule has 0 spiro atoms. The molecule has 0 aliphatic rings. The number of hydrogen-bond donors (Lipinski definition) is 0. The number of esters is 1. The topological polar surface area (TPSA) is 76.2 Å². The maximum absolute atomic E-state index is 14.5. The summed E-state index contributed by atoms with van der Waals surface area (Å²) >= 11 is 1.96. The standard InChI is InChI=1S/C23H34FIN2O5/c1-21(2,3)31-19(29)23(7,27(10)20(30)32-22(4,5)6)13-14-11-15(24)12-16(17(14)25)18(28)26(8)9/h11-12H,13H2,1-10H3. The maximum atomic E-state index is 14.5. The van der Waals surface area contributed by atoms with Gasteiger partial charge in [-0.3, -0.25) is 9.69 Å². The Morgan fingerprint density at radius 3 is 1.88 bits per heavy atom. The average molecular weight is 564 g/mol. The van der Waals surface area contributed by atoms with Crippen molar-refractivity contribution in [2.75, 3.05) is 21.1 Å². The highest BCUT2D eigenvalue weighted by Gasteiger charge is 2.45. The van der Waals surface area contributed by atoms with Gasteiger partial charge >= 0.3 is 12.1 Å². The molecule has 1 aromatic rings. The van der Waals surface area contributed by atoms with Crippen LogP contribution in [0, 0.1) is 9.39 Å². The van der Waals surface area contributed by atoms with Crippen molar-refractivity contribution in [3.63, 3.8) is 0 Å². The molecule has 32 heavy (non-hydrogen) atoms. The van der Waals surface area contributed by atoms with Gasteiger partial charge in [-0.05, 0) is 88.8 Å². The summed E-state index contributed by atoms with van der Waals surface area (Å²) in [5.41, 5.74) is -2.54. The van der Waals surface area contributed by atoms with Crippen molar-refractivity contribution >= 4 is 40.6 Å². The molecule has 0 saturated carbocycles. The molecule has 1 unspecified atom stereocenters. The summed E-state index contributed by atoms with van der Waals surface area (Å²) < 4.78 is 26.0. The normalized spacial score (nSPS) is 13.8. The van der Waals surface area contributed by atoms with Crippen LogP contribution in [0.15, 0.2) is 12.1 Å². The van der Waals surface area contributed by atoms with Gasteiger partial charge < -0.3 is 14.4 Å². The monoisotopic (exact) mass is 564 g/mol. The maximum Gasteiger partial charge on any atom is 0.410 e. The third-order valence-electron chi connectivity index (χ3n) is 4.53. The molecule has 7 nitrogen and oxygen atoms in total. The number of rotatable bonds is 5. The Balaban J connectivity index is 3.56. The van der Waals surface area contributed by atoms with Gasteiger partial charge in [-0.1, -0.05) is 0 Å². The lowest BCUT2D eigenvalue weighted by Crippen LogP contribution is -2.57. The Labute approximate surface area is 203 Å². The Hall–Kier alpha value is -1.91. The van der Waals surface area contributed by atoms with Crippen LogP contribution in [0.4, 0.5) is 9.18 Å². The molecule has 0 N–H and O–H groups in total. The van der Waals surface area contributed by atoms with E-state index in [0.717, 1.165) is 6.07 Å². The minimum Gasteiger partial charge on any atom is -0.458 e. The number of halogens is 2. The fourth-order valence-electron chi connectivity index (χ4n) is 2.79. The molecule has 0 fully saturated rings. The van der Waals surface area contributed by atoms with Crippen molar-refractivity contribution < 1.29 is 28.2 Å². The minimum absolute atomic E-state index is 0.0819. The molecule has 0 bridgehead atoms. The Morgan fingerprint density at radius 2 is 1.44 bits per heavy atom. The van der Waals surface area contributed by atoms with E-state index in [9.17, 15) is 18.8 Å². The van der Waals surface area contributed by atoms with E-state index in [1.165, 1.54) is 22.9 Å². The van der Waals surface area contributed by atoms with Crippen LogP contribution >= 0.6 is 22.6 Å². The van der Waals surface area contributed by atoms with Gasteiger partial charge in [0.1, 0.15) is 22.6 Å². The van der Waals surface area contributed by atoms with Gasteiger partial charge in [-0.15, -0.1) is 0 Å². The van der Waals surface area contributed by atoms with Crippen LogP contribution in [0.1, 0.15) is 64.4 Å². The fourth-order valence-corrected chi connectivity index (χ4v) is 3.52. The zero-order chi connectivity index (χ0) is 25.2. The van der Waals surface area contributed by atoms with Crippen LogP contribution < -0.4 is 0 Å². The van der Waals surface area contributed by atoms with Crippen LogP contribution in [-0.4, -0.2) is 65.7 Å². The highest BCUT2D eigenvalue weighted by Crippen LogP contribution is 2.30. The van der Waals surface area contributed by atoms with Crippen molar-refractivity contribution in [3.05, 3.63) is 32.6 Å². The number of hydrogen-bond acceptors (Lipinski definition) is 5. The summed E-state index contributed by atoms with van der Waals surface area (Å²) in [6.07, 6.45) is -0.802. The molecular formula is C23H34FIN2O5. The molecule has 0 radical (unpaired) electrons. The number of nitrogens with zero attached hydrogens (tertiary/aromatic N) is 2. The molecule has 9 heteroatoms. The Morgan fingerprint density at radius 1 is 0.938 bits per heavy atom. The highest BCUT2D eigenvalue weighted by molar-refractivity contribution is 14.1. The van der Waals surface area contributed by atoms with Crippen LogP contribution in [0.3, 0.4) is 0 Å². The molecular weight excluding hydrogens is 530 g/mol. The second-order valence-electron chi connectivity index (χ2n) is 10.1. The number of carbonyl (C=O) groups excluding carboxylic acids is 3. The van der Waals surface area contributed by atoms with E-state index in [-0.39, 0.29) is 17.9 Å². The quantitative estimate of drug-likeness (QED) is 0.385. The number of benzene rings is 1. The van der Waals surface area contributed by atoms with Crippen molar-refractivity contribution in [3.8, 4) is 0 Å². The van der Waals surface area contributed by atoms with Gasteiger partial charge in [0.15, 0.2) is 0 Å². The van der Waals surface area contributed by atoms with E-state index in [2.05, 4.69) is 0 Å². The SMILES string of the molecule is CN(C)C(=O)c1cc(F)cc(CC(C)(C(=O)OC(C)(C)C)N(C)C(=O)OC(C)(C)C)c1I. The van der Waals surface area contributed by atoms with Crippen LogP contribution in [0.5, 0.6) is 0 Å². The zero-order valence-corrected chi connectivity index (χ0v) is 22.7. The molecule has 1 rings (SSSR count). The van der Waals surface area contributed by atoms with Crippen molar-refractivity contribution in [1.29, 1.82) is 0 Å². The van der Waals surface area contributed by atoms with Gasteiger partial charge in [0, 0.05) is 31.1 Å². The lowest BCUT2D eigenvalue weighted by atomic mass is 9.90. The Bertz CT molecular complexity index is 890. The largest absolute Gasteiger partial charge is 0.458 e. The van der Waals surface area contributed by atoms with E-state index in [1.54, 1.807) is 62.6 Å². The van der Waals surface area contributed by atoms with Gasteiger partial charge in [0.2, 0.25) is 0 Å². The molecule has 1 atom stereocenters. The van der Waals surface area contributed by atoms with E-state index in [4.69, 9.17) is 9.47 Å². The molecule has 0 aliphatic carbocycles. The lowest BCUT2D eigenvalue weighted by molar-refractivity contribution is -0.167. The summed E-state index contributed by atoms with van der Waals surface area (Å²) in [5.74, 6) is -1.65. The summed E-state index contributed by atoms with van der Waals surface area (Å²) in [7, 11) is 4.59. The smallest absolute Gasteiger partial charge is 0.410 e. The molecule has 0 aromatic heterocycles. The van der Waals surface area contributed by atoms with Crippen LogP contribution in [0.25, 0.3) is 0 Å². The van der Waals surface area contributed by atoms with E-state index < -0.39 is 34.6 Å². The first-order valence-electron chi connectivity index (χ1n) is 10.2. The first-order valence-corrected chi connectivity index (χ1v) is 11.3. The molecule has 180 valence electrons. The summed E-state index contributed by atoms with van der Waals surface area (Å²) in [6.45, 7) is 11.9. The first-order chi connectivity index (χ1) is 14.3. The Kier molecular flexibility index (Phi) is 8.72. The van der Waals surface area contributed by atoms with E-state index >= 15 is 0 Å². The van der Waals surface area contributed by atoms with Crippen molar-refractivity contribution in [2.45, 2.75) is 71.6 Å². The second-order valence-corrected chi connectivity index (χ2v) is 11.2. The zero-order valence-electron chi connectivity index (χ0n) is 20.6. The van der Waals surface area contributed by atoms with Crippen LogP contribution in [0.2, 0.25) is 0 Å². The van der Waals surface area contributed by atoms with Gasteiger partial charge in [-0.2, -0.15) is 0 Å². The predicted molar refractivity (Wildman–Crippen MR) is 129 cm³/mol. The third kappa shape index (κ3) is 7.31. The van der Waals surface area contributed by atoms with Gasteiger partial charge in [0.05, 0.1) is 5.56 Å². The molecule has 0 heterocycles.